The van der Waals surface area contributed by atoms with E-state index < -0.39 is 0 Å². The SMILES string of the molecule is CN(C)c1ccc(C2CC3(C)C(N)CC[C@H]3C3CCC4=CC(=O)CCC4=C23)cc1. The molecule has 3 nitrogen and oxygen atoms in total. The van der Waals surface area contributed by atoms with E-state index in [0.29, 0.717) is 36.0 Å². The van der Waals surface area contributed by atoms with Crippen molar-refractivity contribution in [3.05, 3.63) is 52.6 Å². The van der Waals surface area contributed by atoms with E-state index in [1.807, 2.05) is 6.08 Å². The number of carbonyl (C=O) groups is 1. The Balaban J connectivity index is 1.64. The lowest BCUT2D eigenvalue weighted by molar-refractivity contribution is -0.114. The van der Waals surface area contributed by atoms with Gasteiger partial charge in [-0.2, -0.15) is 0 Å². The molecule has 154 valence electrons. The fourth-order valence-electron chi connectivity index (χ4n) is 7.00. The van der Waals surface area contributed by atoms with Gasteiger partial charge in [-0.25, -0.2) is 0 Å². The van der Waals surface area contributed by atoms with Gasteiger partial charge in [-0.05, 0) is 90.7 Å². The van der Waals surface area contributed by atoms with Crippen LogP contribution in [0.1, 0.15) is 63.4 Å². The summed E-state index contributed by atoms with van der Waals surface area (Å²) in [6.07, 6.45) is 9.43. The largest absolute Gasteiger partial charge is 0.378 e. The highest BCUT2D eigenvalue weighted by Crippen LogP contribution is 2.63. The molecule has 29 heavy (non-hydrogen) atoms. The van der Waals surface area contributed by atoms with Crippen molar-refractivity contribution < 1.29 is 4.79 Å². The summed E-state index contributed by atoms with van der Waals surface area (Å²) in [5.41, 5.74) is 14.2. The molecular formula is C26H34N2O. The lowest BCUT2D eigenvalue weighted by Gasteiger charge is -2.52. The number of anilines is 1. The molecule has 1 aromatic rings. The van der Waals surface area contributed by atoms with Gasteiger partial charge in [0, 0.05) is 38.2 Å². The van der Waals surface area contributed by atoms with Crippen LogP contribution in [0, 0.1) is 17.3 Å². The zero-order chi connectivity index (χ0) is 20.3. The van der Waals surface area contributed by atoms with E-state index in [9.17, 15) is 4.79 Å². The van der Waals surface area contributed by atoms with Gasteiger partial charge < -0.3 is 10.6 Å². The van der Waals surface area contributed by atoms with Gasteiger partial charge in [-0.1, -0.05) is 24.6 Å². The number of benzene rings is 1. The van der Waals surface area contributed by atoms with Crippen LogP contribution in [-0.2, 0) is 4.79 Å². The van der Waals surface area contributed by atoms with E-state index in [-0.39, 0.29) is 5.41 Å². The van der Waals surface area contributed by atoms with Gasteiger partial charge >= 0.3 is 0 Å². The number of fused-ring (bicyclic) bond motifs is 4. The van der Waals surface area contributed by atoms with Gasteiger partial charge in [0.2, 0.25) is 0 Å². The maximum Gasteiger partial charge on any atom is 0.156 e. The van der Waals surface area contributed by atoms with Crippen LogP contribution in [0.3, 0.4) is 0 Å². The number of allylic oxidation sites excluding steroid dienone is 4. The molecule has 4 aliphatic rings. The number of rotatable bonds is 2. The fraction of sp³-hybridized carbons (Fsp3) is 0.577. The van der Waals surface area contributed by atoms with Crippen molar-refractivity contribution in [1.29, 1.82) is 0 Å². The number of ketones is 1. The molecule has 4 unspecified atom stereocenters. The standard InChI is InChI=1S/C26H34N2O/c1-26-15-22(16-4-7-18(8-5-16)28(2)3)25-20-11-9-19(29)14-17(20)6-10-21(25)23(26)12-13-24(26)27/h4-5,7-8,14,21-24H,6,9-13,15,27H2,1-3H3/t21?,22?,23-,24?,26?/m0/s1. The third-order valence-corrected chi connectivity index (χ3v) is 8.62. The Kier molecular flexibility index (Phi) is 4.51. The maximum absolute atomic E-state index is 12.1. The van der Waals surface area contributed by atoms with E-state index in [0.717, 1.165) is 25.7 Å². The molecule has 3 heteroatoms. The Bertz CT molecular complexity index is 894. The summed E-state index contributed by atoms with van der Waals surface area (Å²) in [4.78, 5) is 14.2. The van der Waals surface area contributed by atoms with Gasteiger partial charge in [0.1, 0.15) is 0 Å². The minimum Gasteiger partial charge on any atom is -0.378 e. The second-order valence-corrected chi connectivity index (χ2v) is 10.3. The van der Waals surface area contributed by atoms with Crippen LogP contribution < -0.4 is 10.6 Å². The summed E-state index contributed by atoms with van der Waals surface area (Å²) in [5.74, 6) is 2.10. The summed E-state index contributed by atoms with van der Waals surface area (Å²) in [6, 6.07) is 9.49. The lowest BCUT2D eigenvalue weighted by atomic mass is 9.53. The van der Waals surface area contributed by atoms with Gasteiger partial charge in [0.15, 0.2) is 5.78 Å². The van der Waals surface area contributed by atoms with Crippen LogP contribution in [0.15, 0.2) is 47.1 Å². The first-order valence-corrected chi connectivity index (χ1v) is 11.4. The van der Waals surface area contributed by atoms with Gasteiger partial charge in [-0.15, -0.1) is 0 Å². The third-order valence-electron chi connectivity index (χ3n) is 8.62. The number of carbonyl (C=O) groups excluding carboxylic acids is 1. The van der Waals surface area contributed by atoms with E-state index in [2.05, 4.69) is 50.2 Å². The Labute approximate surface area is 175 Å². The van der Waals surface area contributed by atoms with Crippen molar-refractivity contribution in [1.82, 2.24) is 0 Å². The average molecular weight is 391 g/mol. The molecule has 1 aromatic carbocycles. The number of nitrogens with zero attached hydrogens (tertiary/aromatic N) is 1. The summed E-state index contributed by atoms with van der Waals surface area (Å²) < 4.78 is 0. The molecule has 0 saturated heterocycles. The molecule has 2 fully saturated rings. The molecule has 0 aliphatic heterocycles. The molecule has 0 bridgehead atoms. The van der Waals surface area contributed by atoms with Crippen LogP contribution in [0.5, 0.6) is 0 Å². The molecule has 5 atom stereocenters. The topological polar surface area (TPSA) is 46.3 Å². The van der Waals surface area contributed by atoms with Crippen molar-refractivity contribution >= 4 is 11.5 Å². The van der Waals surface area contributed by atoms with Crippen LogP contribution in [-0.4, -0.2) is 25.9 Å². The highest BCUT2D eigenvalue weighted by molar-refractivity contribution is 5.93. The zero-order valence-corrected chi connectivity index (χ0v) is 18.1. The first-order chi connectivity index (χ1) is 13.9. The highest BCUT2D eigenvalue weighted by atomic mass is 16.1. The molecule has 0 spiro atoms. The monoisotopic (exact) mass is 390 g/mol. The summed E-state index contributed by atoms with van der Waals surface area (Å²) in [5, 5.41) is 0. The molecule has 0 radical (unpaired) electrons. The summed E-state index contributed by atoms with van der Waals surface area (Å²) in [6.45, 7) is 2.47. The van der Waals surface area contributed by atoms with Crippen molar-refractivity contribution in [3.8, 4) is 0 Å². The molecule has 0 amide bonds. The Morgan fingerprint density at radius 3 is 2.52 bits per heavy atom. The molecule has 2 N–H and O–H groups in total. The lowest BCUT2D eigenvalue weighted by Crippen LogP contribution is -2.47. The second-order valence-electron chi connectivity index (χ2n) is 10.3. The Hall–Kier alpha value is -1.87. The van der Waals surface area contributed by atoms with E-state index in [1.165, 1.54) is 35.2 Å². The van der Waals surface area contributed by atoms with E-state index in [4.69, 9.17) is 5.73 Å². The Morgan fingerprint density at radius 2 is 1.79 bits per heavy atom. The van der Waals surface area contributed by atoms with Crippen LogP contribution >= 0.6 is 0 Å². The minimum atomic E-state index is 0.227. The van der Waals surface area contributed by atoms with Crippen molar-refractivity contribution in [2.24, 2.45) is 23.0 Å². The fourth-order valence-corrected chi connectivity index (χ4v) is 7.00. The predicted molar refractivity (Wildman–Crippen MR) is 119 cm³/mol. The molecule has 4 aliphatic carbocycles. The molecular weight excluding hydrogens is 356 g/mol. The first kappa shape index (κ1) is 19.1. The molecule has 5 rings (SSSR count). The van der Waals surface area contributed by atoms with Crippen molar-refractivity contribution in [2.75, 3.05) is 19.0 Å². The maximum atomic E-state index is 12.1. The van der Waals surface area contributed by atoms with E-state index in [1.54, 1.807) is 5.57 Å². The van der Waals surface area contributed by atoms with Crippen LogP contribution in [0.4, 0.5) is 5.69 Å². The van der Waals surface area contributed by atoms with Crippen LogP contribution in [0.2, 0.25) is 0 Å². The smallest absolute Gasteiger partial charge is 0.156 e. The number of hydrogen-bond acceptors (Lipinski definition) is 3. The molecule has 2 saturated carbocycles. The highest BCUT2D eigenvalue weighted by Gasteiger charge is 2.55. The summed E-state index contributed by atoms with van der Waals surface area (Å²) >= 11 is 0. The molecule has 0 heterocycles. The Morgan fingerprint density at radius 1 is 1.03 bits per heavy atom. The summed E-state index contributed by atoms with van der Waals surface area (Å²) in [7, 11) is 4.19. The average Bonchev–Trinajstić information content (AvgIpc) is 3.01. The van der Waals surface area contributed by atoms with Crippen molar-refractivity contribution in [3.63, 3.8) is 0 Å². The predicted octanol–water partition coefficient (Wildman–Crippen LogP) is 4.98. The molecule has 0 aromatic heterocycles. The number of hydrogen-bond donors (Lipinski definition) is 1. The van der Waals surface area contributed by atoms with Crippen molar-refractivity contribution in [2.45, 2.75) is 63.8 Å². The van der Waals surface area contributed by atoms with Gasteiger partial charge in [0.25, 0.3) is 0 Å². The second kappa shape index (κ2) is 6.84. The zero-order valence-electron chi connectivity index (χ0n) is 18.1. The first-order valence-electron chi connectivity index (χ1n) is 11.4. The van der Waals surface area contributed by atoms with E-state index >= 15 is 0 Å². The van der Waals surface area contributed by atoms with Crippen LogP contribution in [0.25, 0.3) is 0 Å². The third kappa shape index (κ3) is 2.92. The minimum absolute atomic E-state index is 0.227. The quantitative estimate of drug-likeness (QED) is 0.775. The van der Waals surface area contributed by atoms with Gasteiger partial charge in [-0.3, -0.25) is 4.79 Å². The van der Waals surface area contributed by atoms with Gasteiger partial charge in [0.05, 0.1) is 0 Å². The number of nitrogens with two attached hydrogens (primary N) is 1. The normalized spacial score (nSPS) is 36.3.